The van der Waals surface area contributed by atoms with Gasteiger partial charge in [-0.25, -0.2) is 4.79 Å². The molecule has 1 aromatic carbocycles. The lowest BCUT2D eigenvalue weighted by atomic mass is 10.1. The maximum absolute atomic E-state index is 10.8. The number of carboxylic acids is 1. The number of benzene rings is 1. The first-order valence-electron chi connectivity index (χ1n) is 4.75. The average molecular weight is 222 g/mol. The Labute approximate surface area is 93.5 Å². The van der Waals surface area contributed by atoms with E-state index in [1.54, 1.807) is 31.0 Å². The number of anilines is 1. The van der Waals surface area contributed by atoms with Gasteiger partial charge in [-0.3, -0.25) is 4.79 Å². The summed E-state index contributed by atoms with van der Waals surface area (Å²) in [6.45, 7) is 1.90. The highest BCUT2D eigenvalue weighted by molar-refractivity contribution is 5.89. The molecule has 0 bridgehead atoms. The van der Waals surface area contributed by atoms with Gasteiger partial charge >= 0.3 is 5.97 Å². The molecule has 0 atom stereocenters. The van der Waals surface area contributed by atoms with Crippen molar-refractivity contribution in [2.24, 2.45) is 5.73 Å². The number of carbonyl (C=O) groups excluding carboxylic acids is 1. The van der Waals surface area contributed by atoms with Crippen molar-refractivity contribution in [3.63, 3.8) is 0 Å². The number of amides is 1. The van der Waals surface area contributed by atoms with E-state index in [0.29, 0.717) is 0 Å². The van der Waals surface area contributed by atoms with E-state index in [0.717, 1.165) is 11.3 Å². The summed E-state index contributed by atoms with van der Waals surface area (Å²) in [7, 11) is 1.73. The lowest BCUT2D eigenvalue weighted by molar-refractivity contribution is -0.116. The second-order valence-electron chi connectivity index (χ2n) is 3.63. The molecule has 5 heteroatoms. The molecule has 0 aliphatic rings. The van der Waals surface area contributed by atoms with Crippen molar-refractivity contribution in [2.75, 3.05) is 18.5 Å². The average Bonchev–Trinajstić information content (AvgIpc) is 2.15. The summed E-state index contributed by atoms with van der Waals surface area (Å²) >= 11 is 0. The van der Waals surface area contributed by atoms with E-state index in [1.165, 1.54) is 6.07 Å². The van der Waals surface area contributed by atoms with Crippen molar-refractivity contribution in [1.82, 2.24) is 0 Å². The number of carbonyl (C=O) groups is 2. The van der Waals surface area contributed by atoms with Crippen LogP contribution in [0.25, 0.3) is 0 Å². The standard InChI is InChI=1S/C11H14N2O3/c1-7-5-8(11(15)16)3-4-9(7)13(2)6-10(12)14/h3-5H,6H2,1-2H3,(H2,12,14)(H,15,16). The number of likely N-dealkylation sites (N-methyl/N-ethyl adjacent to an activating group) is 1. The topological polar surface area (TPSA) is 83.6 Å². The van der Waals surface area contributed by atoms with Crippen molar-refractivity contribution < 1.29 is 14.7 Å². The highest BCUT2D eigenvalue weighted by atomic mass is 16.4. The minimum absolute atomic E-state index is 0.104. The van der Waals surface area contributed by atoms with E-state index in [9.17, 15) is 9.59 Å². The van der Waals surface area contributed by atoms with Crippen LogP contribution in [0.3, 0.4) is 0 Å². The zero-order chi connectivity index (χ0) is 12.3. The van der Waals surface area contributed by atoms with Gasteiger partial charge < -0.3 is 15.7 Å². The minimum Gasteiger partial charge on any atom is -0.478 e. The zero-order valence-electron chi connectivity index (χ0n) is 9.23. The molecule has 0 fully saturated rings. The van der Waals surface area contributed by atoms with E-state index < -0.39 is 11.9 Å². The van der Waals surface area contributed by atoms with Gasteiger partial charge in [0, 0.05) is 12.7 Å². The van der Waals surface area contributed by atoms with E-state index >= 15 is 0 Å². The Morgan fingerprint density at radius 1 is 1.44 bits per heavy atom. The molecular formula is C11H14N2O3. The summed E-state index contributed by atoms with van der Waals surface area (Å²) in [6.07, 6.45) is 0. The molecule has 0 spiro atoms. The van der Waals surface area contributed by atoms with Crippen LogP contribution in [-0.2, 0) is 4.79 Å². The molecule has 0 unspecified atom stereocenters. The molecule has 86 valence electrons. The third-order valence-electron chi connectivity index (χ3n) is 2.25. The van der Waals surface area contributed by atoms with Crippen LogP contribution in [0.15, 0.2) is 18.2 Å². The Bertz CT molecular complexity index is 429. The van der Waals surface area contributed by atoms with Gasteiger partial charge in [-0.2, -0.15) is 0 Å². The number of aryl methyl sites for hydroxylation is 1. The summed E-state index contributed by atoms with van der Waals surface area (Å²) in [5.74, 6) is -1.39. The molecule has 1 amide bonds. The van der Waals surface area contributed by atoms with Crippen molar-refractivity contribution in [1.29, 1.82) is 0 Å². The van der Waals surface area contributed by atoms with Gasteiger partial charge in [-0.1, -0.05) is 0 Å². The Morgan fingerprint density at radius 3 is 2.50 bits per heavy atom. The van der Waals surface area contributed by atoms with Crippen molar-refractivity contribution in [3.05, 3.63) is 29.3 Å². The van der Waals surface area contributed by atoms with E-state index in [-0.39, 0.29) is 12.1 Å². The lowest BCUT2D eigenvalue weighted by Gasteiger charge is -2.19. The summed E-state index contributed by atoms with van der Waals surface area (Å²) in [5, 5.41) is 8.80. The van der Waals surface area contributed by atoms with Crippen LogP contribution in [0, 0.1) is 6.92 Å². The Balaban J connectivity index is 2.98. The zero-order valence-corrected chi connectivity index (χ0v) is 9.23. The maximum Gasteiger partial charge on any atom is 0.335 e. The third-order valence-corrected chi connectivity index (χ3v) is 2.25. The Hall–Kier alpha value is -2.04. The molecule has 3 N–H and O–H groups in total. The van der Waals surface area contributed by atoms with Gasteiger partial charge in [0.15, 0.2) is 0 Å². The van der Waals surface area contributed by atoms with Crippen LogP contribution in [0.4, 0.5) is 5.69 Å². The molecule has 1 rings (SSSR count). The first-order valence-corrected chi connectivity index (χ1v) is 4.75. The fourth-order valence-electron chi connectivity index (χ4n) is 1.54. The fraction of sp³-hybridized carbons (Fsp3) is 0.273. The number of nitrogens with two attached hydrogens (primary N) is 1. The highest BCUT2D eigenvalue weighted by Crippen LogP contribution is 2.19. The fourth-order valence-corrected chi connectivity index (χ4v) is 1.54. The van der Waals surface area contributed by atoms with Gasteiger partial charge in [0.25, 0.3) is 0 Å². The molecule has 5 nitrogen and oxygen atoms in total. The van der Waals surface area contributed by atoms with Crippen molar-refractivity contribution in [2.45, 2.75) is 6.92 Å². The SMILES string of the molecule is Cc1cc(C(=O)O)ccc1N(C)CC(N)=O. The van der Waals surface area contributed by atoms with Gasteiger partial charge in [0.1, 0.15) is 0 Å². The first-order chi connectivity index (χ1) is 7.41. The molecule has 0 aliphatic heterocycles. The molecule has 1 aromatic rings. The second kappa shape index (κ2) is 4.65. The lowest BCUT2D eigenvalue weighted by Crippen LogP contribution is -2.30. The molecule has 0 aromatic heterocycles. The Morgan fingerprint density at radius 2 is 2.06 bits per heavy atom. The molecule has 16 heavy (non-hydrogen) atoms. The van der Waals surface area contributed by atoms with Crippen molar-refractivity contribution in [3.8, 4) is 0 Å². The number of primary amides is 1. The quantitative estimate of drug-likeness (QED) is 0.782. The van der Waals surface area contributed by atoms with Crippen LogP contribution < -0.4 is 10.6 Å². The van der Waals surface area contributed by atoms with E-state index in [2.05, 4.69) is 0 Å². The van der Waals surface area contributed by atoms with Crippen LogP contribution in [0.2, 0.25) is 0 Å². The van der Waals surface area contributed by atoms with Gasteiger partial charge in [-0.05, 0) is 30.7 Å². The summed E-state index contributed by atoms with van der Waals surface area (Å²) < 4.78 is 0. The normalized spacial score (nSPS) is 9.88. The predicted molar refractivity (Wildman–Crippen MR) is 60.6 cm³/mol. The second-order valence-corrected chi connectivity index (χ2v) is 3.63. The Kier molecular flexibility index (Phi) is 3.50. The summed E-state index contributed by atoms with van der Waals surface area (Å²) in [5.41, 5.74) is 6.90. The largest absolute Gasteiger partial charge is 0.478 e. The van der Waals surface area contributed by atoms with Crippen LogP contribution in [-0.4, -0.2) is 30.6 Å². The number of aromatic carboxylic acids is 1. The maximum atomic E-state index is 10.8. The summed E-state index contributed by atoms with van der Waals surface area (Å²) in [4.78, 5) is 23.2. The van der Waals surface area contributed by atoms with Crippen molar-refractivity contribution >= 4 is 17.6 Å². The number of nitrogens with zero attached hydrogens (tertiary/aromatic N) is 1. The molecule has 0 saturated carbocycles. The van der Waals surface area contributed by atoms with Gasteiger partial charge in [0.2, 0.25) is 5.91 Å². The van der Waals surface area contributed by atoms with Crippen LogP contribution in [0.1, 0.15) is 15.9 Å². The molecule has 0 heterocycles. The molecule has 0 aliphatic carbocycles. The van der Waals surface area contributed by atoms with E-state index in [4.69, 9.17) is 10.8 Å². The highest BCUT2D eigenvalue weighted by Gasteiger charge is 2.10. The van der Waals surface area contributed by atoms with Crippen LogP contribution >= 0.6 is 0 Å². The van der Waals surface area contributed by atoms with Gasteiger partial charge in [-0.15, -0.1) is 0 Å². The number of hydrogen-bond acceptors (Lipinski definition) is 3. The molecular weight excluding hydrogens is 208 g/mol. The monoisotopic (exact) mass is 222 g/mol. The number of rotatable bonds is 4. The minimum atomic E-state index is -0.966. The number of hydrogen-bond donors (Lipinski definition) is 2. The molecule has 0 saturated heterocycles. The van der Waals surface area contributed by atoms with Crippen LogP contribution in [0.5, 0.6) is 0 Å². The smallest absolute Gasteiger partial charge is 0.335 e. The molecule has 0 radical (unpaired) electrons. The predicted octanol–water partition coefficient (Wildman–Crippen LogP) is 0.615. The summed E-state index contributed by atoms with van der Waals surface area (Å²) in [6, 6.07) is 4.74. The first kappa shape index (κ1) is 12.0. The third kappa shape index (κ3) is 2.73. The number of carboxylic acid groups (broad SMARTS) is 1. The van der Waals surface area contributed by atoms with Gasteiger partial charge in [0.05, 0.1) is 12.1 Å². The van der Waals surface area contributed by atoms with E-state index in [1.807, 2.05) is 0 Å².